The van der Waals surface area contributed by atoms with Crippen LogP contribution >= 0.6 is 0 Å². The molecule has 3 nitrogen and oxygen atoms in total. The van der Waals surface area contributed by atoms with Gasteiger partial charge in [0, 0.05) is 17.5 Å². The predicted octanol–water partition coefficient (Wildman–Crippen LogP) is 0.294. The largest absolute Gasteiger partial charge is 0.755 e. The second kappa shape index (κ2) is 4.80. The Morgan fingerprint density at radius 2 is 2.50 bits per heavy atom. The smallest absolute Gasteiger partial charge is 0.0442 e. The fourth-order valence-electron chi connectivity index (χ4n) is 0.222. The molecule has 1 unspecified atom stereocenters. The number of allylic oxidation sites excluding steroid dienone is 1. The molecule has 48 valence electrons. The normalized spacial score (nSPS) is 14.2. The van der Waals surface area contributed by atoms with Crippen LogP contribution in [0.25, 0.3) is 0 Å². The van der Waals surface area contributed by atoms with Crippen molar-refractivity contribution in [2.75, 3.05) is 0 Å². The molecule has 0 aliphatic rings. The molecule has 0 saturated carbocycles. The van der Waals surface area contributed by atoms with Gasteiger partial charge in [0.05, 0.1) is 0 Å². The van der Waals surface area contributed by atoms with Crippen LogP contribution < -0.4 is 4.72 Å². The predicted molar refractivity (Wildman–Crippen MR) is 31.5 cm³/mol. The number of hydrogen-bond donors (Lipinski definition) is 1. The lowest BCUT2D eigenvalue weighted by Gasteiger charge is -2.00. The quantitative estimate of drug-likeness (QED) is 0.564. The first-order valence-corrected chi connectivity index (χ1v) is 3.35. The van der Waals surface area contributed by atoms with Gasteiger partial charge in [0.1, 0.15) is 0 Å². The summed E-state index contributed by atoms with van der Waals surface area (Å²) in [5, 5.41) is 0. The molecule has 0 spiro atoms. The van der Waals surface area contributed by atoms with Crippen molar-refractivity contribution in [2.45, 2.75) is 13.3 Å². The molecule has 0 aromatic heterocycles. The maximum atomic E-state index is 9.71. The Bertz CT molecular complexity index is 102. The van der Waals surface area contributed by atoms with Gasteiger partial charge in [-0.15, -0.1) is 0 Å². The molecule has 4 heteroatoms. The summed E-state index contributed by atoms with van der Waals surface area (Å²) >= 11 is -2.15. The van der Waals surface area contributed by atoms with Crippen molar-refractivity contribution in [3.05, 3.63) is 12.3 Å². The molecule has 0 radical (unpaired) electrons. The molecule has 0 heterocycles. The molecule has 1 N–H and O–H groups in total. The molecule has 0 aromatic carbocycles. The third-order valence-electron chi connectivity index (χ3n) is 0.518. The summed E-state index contributed by atoms with van der Waals surface area (Å²) in [5.74, 6) is 0. The summed E-state index contributed by atoms with van der Waals surface area (Å²) in [5.41, 5.74) is 0. The Morgan fingerprint density at radius 3 is 2.88 bits per heavy atom. The minimum atomic E-state index is -2.15. The number of rotatable bonds is 3. The van der Waals surface area contributed by atoms with Gasteiger partial charge in [-0.05, 0) is 6.42 Å². The van der Waals surface area contributed by atoms with E-state index in [2.05, 4.69) is 4.72 Å². The van der Waals surface area contributed by atoms with Crippen LogP contribution in [0.3, 0.4) is 0 Å². The zero-order chi connectivity index (χ0) is 6.41. The first-order chi connectivity index (χ1) is 3.77. The molecular formula is C4H8NO2S-. The topological polar surface area (TPSA) is 52.2 Å². The van der Waals surface area contributed by atoms with E-state index in [4.69, 9.17) is 0 Å². The summed E-state index contributed by atoms with van der Waals surface area (Å²) in [6, 6.07) is 0. The van der Waals surface area contributed by atoms with Gasteiger partial charge in [-0.2, -0.15) is 0 Å². The molecule has 0 bridgehead atoms. The average molecular weight is 134 g/mol. The summed E-state index contributed by atoms with van der Waals surface area (Å²) < 4.78 is 21.5. The van der Waals surface area contributed by atoms with Crippen LogP contribution in [-0.2, 0) is 11.3 Å². The lowest BCUT2D eigenvalue weighted by atomic mass is 10.5. The van der Waals surface area contributed by atoms with E-state index in [9.17, 15) is 8.76 Å². The van der Waals surface area contributed by atoms with Crippen LogP contribution in [0.2, 0.25) is 0 Å². The van der Waals surface area contributed by atoms with Crippen LogP contribution in [0.5, 0.6) is 0 Å². The molecule has 0 rings (SSSR count). The fraction of sp³-hybridized carbons (Fsp3) is 0.500. The van der Waals surface area contributed by atoms with Gasteiger partial charge >= 0.3 is 0 Å². The van der Waals surface area contributed by atoms with Crippen molar-refractivity contribution in [3.63, 3.8) is 0 Å². The summed E-state index contributed by atoms with van der Waals surface area (Å²) in [6.45, 7) is 1.92. The fourth-order valence-corrected chi connectivity index (χ4v) is 0.429. The Labute approximate surface area is 51.2 Å². The van der Waals surface area contributed by atoms with Crippen LogP contribution in [0.4, 0.5) is 0 Å². The van der Waals surface area contributed by atoms with Crippen molar-refractivity contribution in [1.29, 1.82) is 0 Å². The Balaban J connectivity index is 3.16. The molecule has 0 saturated heterocycles. The standard InChI is InChI=1S/C4H9NO2S/c1-2-3-4-5-8(6)7/h3-5H,2H2,1H3,(H,6,7)/p-1. The van der Waals surface area contributed by atoms with Crippen molar-refractivity contribution in [2.24, 2.45) is 0 Å². The van der Waals surface area contributed by atoms with Crippen molar-refractivity contribution >= 4 is 11.3 Å². The maximum absolute atomic E-state index is 9.71. The van der Waals surface area contributed by atoms with Crippen molar-refractivity contribution < 1.29 is 8.76 Å². The Morgan fingerprint density at radius 1 is 1.88 bits per heavy atom. The minimum Gasteiger partial charge on any atom is -0.755 e. The van der Waals surface area contributed by atoms with Gasteiger partial charge in [-0.1, -0.05) is 13.0 Å². The van der Waals surface area contributed by atoms with E-state index in [0.29, 0.717) is 0 Å². The highest BCUT2D eigenvalue weighted by Crippen LogP contribution is 1.74. The second-order valence-corrected chi connectivity index (χ2v) is 1.87. The summed E-state index contributed by atoms with van der Waals surface area (Å²) in [7, 11) is 0. The molecule has 8 heavy (non-hydrogen) atoms. The van der Waals surface area contributed by atoms with Gasteiger partial charge < -0.3 is 9.27 Å². The third-order valence-corrected chi connectivity index (χ3v) is 0.846. The monoisotopic (exact) mass is 134 g/mol. The zero-order valence-electron chi connectivity index (χ0n) is 4.59. The molecule has 1 atom stereocenters. The first kappa shape index (κ1) is 7.65. The SMILES string of the molecule is CCC=CNS(=O)[O-]. The zero-order valence-corrected chi connectivity index (χ0v) is 5.40. The van der Waals surface area contributed by atoms with Crippen molar-refractivity contribution in [3.8, 4) is 0 Å². The van der Waals surface area contributed by atoms with Gasteiger partial charge in [-0.3, -0.25) is 4.21 Å². The van der Waals surface area contributed by atoms with Gasteiger partial charge in [-0.25, -0.2) is 0 Å². The molecule has 0 aromatic rings. The highest BCUT2D eigenvalue weighted by atomic mass is 32.2. The average Bonchev–Trinajstić information content (AvgIpc) is 1.66. The van der Waals surface area contributed by atoms with Crippen LogP contribution in [0, 0.1) is 0 Å². The van der Waals surface area contributed by atoms with E-state index >= 15 is 0 Å². The first-order valence-electron chi connectivity index (χ1n) is 2.27. The number of nitrogens with one attached hydrogen (secondary N) is 1. The molecular weight excluding hydrogens is 126 g/mol. The molecule has 0 aliphatic carbocycles. The van der Waals surface area contributed by atoms with E-state index in [1.54, 1.807) is 6.08 Å². The highest BCUT2D eigenvalue weighted by molar-refractivity contribution is 7.77. The van der Waals surface area contributed by atoms with E-state index in [0.717, 1.165) is 6.42 Å². The lowest BCUT2D eigenvalue weighted by molar-refractivity contribution is 0.531. The Kier molecular flexibility index (Phi) is 4.59. The molecule has 0 amide bonds. The van der Waals surface area contributed by atoms with E-state index in [-0.39, 0.29) is 0 Å². The van der Waals surface area contributed by atoms with Gasteiger partial charge in [0.2, 0.25) is 0 Å². The van der Waals surface area contributed by atoms with E-state index in [1.165, 1.54) is 6.20 Å². The maximum Gasteiger partial charge on any atom is 0.0442 e. The van der Waals surface area contributed by atoms with Crippen LogP contribution in [-0.4, -0.2) is 8.76 Å². The molecule has 0 fully saturated rings. The number of hydrogen-bond acceptors (Lipinski definition) is 2. The van der Waals surface area contributed by atoms with E-state index < -0.39 is 11.3 Å². The van der Waals surface area contributed by atoms with Crippen molar-refractivity contribution in [1.82, 2.24) is 4.72 Å². The van der Waals surface area contributed by atoms with Crippen LogP contribution in [0.15, 0.2) is 12.3 Å². The van der Waals surface area contributed by atoms with Gasteiger partial charge in [0.25, 0.3) is 0 Å². The lowest BCUT2D eigenvalue weighted by Crippen LogP contribution is -2.06. The Hall–Kier alpha value is -0.350. The van der Waals surface area contributed by atoms with Crippen LogP contribution in [0.1, 0.15) is 13.3 Å². The second-order valence-electron chi connectivity index (χ2n) is 1.16. The molecule has 0 aliphatic heterocycles. The highest BCUT2D eigenvalue weighted by Gasteiger charge is 1.67. The van der Waals surface area contributed by atoms with Gasteiger partial charge in [0.15, 0.2) is 0 Å². The minimum absolute atomic E-state index is 0.838. The third kappa shape index (κ3) is 5.65. The summed E-state index contributed by atoms with van der Waals surface area (Å²) in [6.07, 6.45) is 3.95. The van der Waals surface area contributed by atoms with E-state index in [1.807, 2.05) is 6.92 Å². The summed E-state index contributed by atoms with van der Waals surface area (Å²) in [4.78, 5) is 0.